The van der Waals surface area contributed by atoms with Crippen LogP contribution in [0.5, 0.6) is 0 Å². The third kappa shape index (κ3) is 3.88. The molecule has 0 bridgehead atoms. The van der Waals surface area contributed by atoms with Crippen LogP contribution < -0.4 is 35.5 Å². The first-order chi connectivity index (χ1) is 5.33. The minimum Gasteiger partial charge on any atom is -1.00 e. The maximum Gasteiger partial charge on any atom is 1.00 e. The van der Waals surface area contributed by atoms with Gasteiger partial charge in [0.05, 0.1) is 6.42 Å². The van der Waals surface area contributed by atoms with E-state index in [4.69, 9.17) is 0 Å². The standard InChI is InChI=1S/C8H9NO2.Na.H/c9-11-8(10)6-7-4-2-1-3-5-7;;/h1-5H,6,9H2;;/q;+1;-1. The van der Waals surface area contributed by atoms with Crippen molar-refractivity contribution in [3.63, 3.8) is 0 Å². The predicted octanol–water partition coefficient (Wildman–Crippen LogP) is -2.24. The molecular formula is C8H10NNaO2. The van der Waals surface area contributed by atoms with Gasteiger partial charge in [0, 0.05) is 0 Å². The summed E-state index contributed by atoms with van der Waals surface area (Å²) in [5.74, 6) is 4.25. The molecule has 0 unspecified atom stereocenters. The van der Waals surface area contributed by atoms with Crippen molar-refractivity contribution in [3.05, 3.63) is 35.9 Å². The smallest absolute Gasteiger partial charge is 1.00 e. The molecule has 0 atom stereocenters. The van der Waals surface area contributed by atoms with Gasteiger partial charge in [0.15, 0.2) is 0 Å². The molecule has 4 heteroatoms. The fourth-order valence-corrected chi connectivity index (χ4v) is 0.804. The molecule has 0 saturated carbocycles. The zero-order valence-corrected chi connectivity index (χ0v) is 8.99. The van der Waals surface area contributed by atoms with Gasteiger partial charge in [-0.25, -0.2) is 0 Å². The number of carbonyl (C=O) groups is 1. The van der Waals surface area contributed by atoms with Crippen molar-refractivity contribution in [2.75, 3.05) is 0 Å². The van der Waals surface area contributed by atoms with Crippen molar-refractivity contribution >= 4 is 5.97 Å². The second kappa shape index (κ2) is 6.20. The average Bonchev–Trinajstić information content (AvgIpc) is 2.06. The summed E-state index contributed by atoms with van der Waals surface area (Å²) >= 11 is 0. The van der Waals surface area contributed by atoms with Gasteiger partial charge in [-0.2, -0.15) is 5.90 Å². The molecule has 1 aromatic carbocycles. The molecule has 2 N–H and O–H groups in total. The quantitative estimate of drug-likeness (QED) is 0.408. The first-order valence-corrected chi connectivity index (χ1v) is 3.26. The van der Waals surface area contributed by atoms with Gasteiger partial charge in [-0.3, -0.25) is 4.79 Å². The number of nitrogens with two attached hydrogens (primary N) is 1. The topological polar surface area (TPSA) is 52.3 Å². The van der Waals surface area contributed by atoms with Crippen LogP contribution in [0.25, 0.3) is 0 Å². The summed E-state index contributed by atoms with van der Waals surface area (Å²) in [6, 6.07) is 9.30. The molecule has 0 aliphatic heterocycles. The van der Waals surface area contributed by atoms with E-state index in [1.54, 1.807) is 0 Å². The number of carbonyl (C=O) groups excluding carboxylic acids is 1. The average molecular weight is 175 g/mol. The van der Waals surface area contributed by atoms with Gasteiger partial charge in [0.1, 0.15) is 0 Å². The molecule has 12 heavy (non-hydrogen) atoms. The summed E-state index contributed by atoms with van der Waals surface area (Å²) in [4.78, 5) is 14.6. The summed E-state index contributed by atoms with van der Waals surface area (Å²) in [5.41, 5.74) is 0.906. The van der Waals surface area contributed by atoms with Gasteiger partial charge >= 0.3 is 35.5 Å². The van der Waals surface area contributed by atoms with E-state index in [0.29, 0.717) is 0 Å². The molecule has 0 aliphatic carbocycles. The van der Waals surface area contributed by atoms with Crippen molar-refractivity contribution in [2.45, 2.75) is 6.42 Å². The Hall–Kier alpha value is -0.350. The molecular weight excluding hydrogens is 165 g/mol. The molecule has 3 nitrogen and oxygen atoms in total. The largest absolute Gasteiger partial charge is 1.00 e. The molecule has 0 amide bonds. The van der Waals surface area contributed by atoms with E-state index >= 15 is 0 Å². The van der Waals surface area contributed by atoms with E-state index in [-0.39, 0.29) is 37.4 Å². The van der Waals surface area contributed by atoms with Crippen molar-refractivity contribution in [1.29, 1.82) is 0 Å². The Labute approximate surface area is 94.6 Å². The van der Waals surface area contributed by atoms with E-state index in [9.17, 15) is 4.79 Å². The first kappa shape index (κ1) is 11.6. The van der Waals surface area contributed by atoms with Crippen LogP contribution in [0, 0.1) is 0 Å². The van der Waals surface area contributed by atoms with E-state index < -0.39 is 5.97 Å². The summed E-state index contributed by atoms with van der Waals surface area (Å²) in [7, 11) is 0. The summed E-state index contributed by atoms with van der Waals surface area (Å²) < 4.78 is 0. The van der Waals surface area contributed by atoms with Gasteiger partial charge in [0.25, 0.3) is 0 Å². The monoisotopic (exact) mass is 175 g/mol. The second-order valence-corrected chi connectivity index (χ2v) is 2.15. The fourth-order valence-electron chi connectivity index (χ4n) is 0.804. The Morgan fingerprint density at radius 3 is 2.50 bits per heavy atom. The van der Waals surface area contributed by atoms with E-state index in [1.807, 2.05) is 30.3 Å². The van der Waals surface area contributed by atoms with Gasteiger partial charge in [-0.05, 0) is 5.56 Å². The van der Waals surface area contributed by atoms with Crippen LogP contribution in [0.15, 0.2) is 30.3 Å². The van der Waals surface area contributed by atoms with E-state index in [1.165, 1.54) is 0 Å². The van der Waals surface area contributed by atoms with Crippen molar-refractivity contribution in [1.82, 2.24) is 0 Å². The summed E-state index contributed by atoms with van der Waals surface area (Å²) in [6.07, 6.45) is 0.233. The molecule has 0 saturated heterocycles. The normalized spacial score (nSPS) is 8.42. The fraction of sp³-hybridized carbons (Fsp3) is 0.125. The van der Waals surface area contributed by atoms with Gasteiger partial charge in [-0.15, -0.1) is 0 Å². The number of hydrogen-bond acceptors (Lipinski definition) is 3. The number of benzene rings is 1. The van der Waals surface area contributed by atoms with Gasteiger partial charge < -0.3 is 6.26 Å². The van der Waals surface area contributed by atoms with Crippen molar-refractivity contribution in [3.8, 4) is 0 Å². The van der Waals surface area contributed by atoms with Gasteiger partial charge in [0.2, 0.25) is 0 Å². The minimum atomic E-state index is -0.420. The first-order valence-electron chi connectivity index (χ1n) is 3.26. The summed E-state index contributed by atoms with van der Waals surface area (Å²) in [6.45, 7) is 0. The Bertz CT molecular complexity index is 243. The van der Waals surface area contributed by atoms with Gasteiger partial charge in [-0.1, -0.05) is 30.3 Å². The Morgan fingerprint density at radius 2 is 2.00 bits per heavy atom. The third-order valence-electron chi connectivity index (χ3n) is 1.32. The Balaban J connectivity index is 0. The third-order valence-corrected chi connectivity index (χ3v) is 1.32. The predicted molar refractivity (Wildman–Crippen MR) is 41.5 cm³/mol. The summed E-state index contributed by atoms with van der Waals surface area (Å²) in [5, 5.41) is 0. The van der Waals surface area contributed by atoms with E-state index in [0.717, 1.165) is 5.56 Å². The van der Waals surface area contributed by atoms with Crippen LogP contribution >= 0.6 is 0 Å². The molecule has 0 spiro atoms. The van der Waals surface area contributed by atoms with Crippen LogP contribution in [-0.2, 0) is 16.1 Å². The molecule has 0 aromatic heterocycles. The molecule has 1 rings (SSSR count). The zero-order valence-electron chi connectivity index (χ0n) is 7.99. The van der Waals surface area contributed by atoms with Crippen LogP contribution in [0.1, 0.15) is 6.99 Å². The van der Waals surface area contributed by atoms with Crippen LogP contribution in [0.2, 0.25) is 0 Å². The van der Waals surface area contributed by atoms with E-state index in [2.05, 4.69) is 10.7 Å². The molecule has 0 fully saturated rings. The van der Waals surface area contributed by atoms with Crippen molar-refractivity contribution < 1.29 is 40.6 Å². The van der Waals surface area contributed by atoms with Crippen LogP contribution in [0.4, 0.5) is 0 Å². The van der Waals surface area contributed by atoms with Crippen LogP contribution in [0.3, 0.4) is 0 Å². The Morgan fingerprint density at radius 1 is 1.42 bits per heavy atom. The maximum absolute atomic E-state index is 10.6. The molecule has 0 radical (unpaired) electrons. The molecule has 0 aliphatic rings. The minimum absolute atomic E-state index is 0. The molecule has 1 aromatic rings. The molecule has 0 heterocycles. The SMILES string of the molecule is NOC(=O)Cc1ccccc1.[H-].[Na+]. The van der Waals surface area contributed by atoms with Crippen LogP contribution in [-0.4, -0.2) is 5.97 Å². The molecule has 60 valence electrons. The Kier molecular flexibility index (Phi) is 6.02. The number of rotatable bonds is 2. The zero-order chi connectivity index (χ0) is 8.10. The van der Waals surface area contributed by atoms with Crippen molar-refractivity contribution in [2.24, 2.45) is 5.90 Å². The number of hydrogen-bond donors (Lipinski definition) is 1. The second-order valence-electron chi connectivity index (χ2n) is 2.15. The maximum atomic E-state index is 10.6.